The van der Waals surface area contributed by atoms with Crippen LogP contribution >= 0.6 is 11.8 Å². The number of para-hydroxylation sites is 1. The highest BCUT2D eigenvalue weighted by Gasteiger charge is 2.36. The van der Waals surface area contributed by atoms with E-state index in [2.05, 4.69) is 54.2 Å². The Hall–Kier alpha value is -2.51. The summed E-state index contributed by atoms with van der Waals surface area (Å²) in [5.74, 6) is 0.280. The minimum Gasteiger partial charge on any atom is -0.367 e. The third-order valence-electron chi connectivity index (χ3n) is 5.66. The van der Waals surface area contributed by atoms with Gasteiger partial charge in [-0.2, -0.15) is 5.10 Å². The summed E-state index contributed by atoms with van der Waals surface area (Å²) in [5, 5.41) is 10.9. The molecule has 3 unspecified atom stereocenters. The van der Waals surface area contributed by atoms with Gasteiger partial charge < -0.3 is 15.5 Å². The molecule has 0 fully saturated rings. The van der Waals surface area contributed by atoms with Crippen LogP contribution in [0.2, 0.25) is 0 Å². The molecule has 6 nitrogen and oxygen atoms in total. The lowest BCUT2D eigenvalue weighted by Crippen LogP contribution is -2.45. The normalized spacial score (nSPS) is 19.9. The van der Waals surface area contributed by atoms with Gasteiger partial charge in [0.15, 0.2) is 5.37 Å². The van der Waals surface area contributed by atoms with Gasteiger partial charge in [-0.15, -0.1) is 6.58 Å². The van der Waals surface area contributed by atoms with Crippen molar-refractivity contribution in [2.45, 2.75) is 52.5 Å². The van der Waals surface area contributed by atoms with Gasteiger partial charge in [0.25, 0.3) is 5.91 Å². The molecule has 0 radical (unpaired) electrons. The fourth-order valence-corrected chi connectivity index (χ4v) is 5.11. The number of nitrogens with zero attached hydrogens (tertiary/aromatic N) is 2. The van der Waals surface area contributed by atoms with Crippen molar-refractivity contribution in [2.24, 2.45) is 16.9 Å². The lowest BCUT2D eigenvalue weighted by Gasteiger charge is -2.30. The van der Waals surface area contributed by atoms with Gasteiger partial charge >= 0.3 is 0 Å². The minimum absolute atomic E-state index is 0.00835. The molecule has 2 aliphatic rings. The topological polar surface area (TPSA) is 68.8 Å². The Morgan fingerprint density at radius 3 is 2.82 bits per heavy atom. The Kier molecular flexibility index (Phi) is 11.3. The highest BCUT2D eigenvalue weighted by molar-refractivity contribution is 8.04. The van der Waals surface area contributed by atoms with Crippen LogP contribution in [0.3, 0.4) is 0 Å². The van der Waals surface area contributed by atoms with Crippen molar-refractivity contribution < 1.29 is 4.79 Å². The van der Waals surface area contributed by atoms with Crippen molar-refractivity contribution in [3.63, 3.8) is 0 Å². The molecule has 1 aromatic rings. The Morgan fingerprint density at radius 1 is 1.36 bits per heavy atom. The molecule has 1 aromatic carbocycles. The quantitative estimate of drug-likeness (QED) is 0.285. The summed E-state index contributed by atoms with van der Waals surface area (Å²) in [6.45, 7) is 18.2. The van der Waals surface area contributed by atoms with E-state index in [0.29, 0.717) is 6.54 Å². The Balaban J connectivity index is 0.00000187. The molecular weight excluding hydrogens is 430 g/mol. The maximum Gasteiger partial charge on any atom is 0.260 e. The van der Waals surface area contributed by atoms with Gasteiger partial charge in [0.05, 0.1) is 0 Å². The summed E-state index contributed by atoms with van der Waals surface area (Å²) in [6, 6.07) is 8.17. The first kappa shape index (κ1) is 26.7. The Bertz CT molecular complexity index is 866. The number of amides is 1. The second kappa shape index (κ2) is 13.9. The zero-order valence-electron chi connectivity index (χ0n) is 20.4. The van der Waals surface area contributed by atoms with Crippen LogP contribution in [0, 0.1) is 11.8 Å². The Labute approximate surface area is 203 Å². The van der Waals surface area contributed by atoms with Crippen molar-refractivity contribution in [1.82, 2.24) is 16.1 Å². The molecule has 180 valence electrons. The van der Waals surface area contributed by atoms with E-state index in [1.165, 1.54) is 4.91 Å². The number of carbonyl (C=O) groups is 1. The van der Waals surface area contributed by atoms with Crippen molar-refractivity contribution in [2.75, 3.05) is 18.0 Å². The summed E-state index contributed by atoms with van der Waals surface area (Å²) in [4.78, 5) is 16.8. The van der Waals surface area contributed by atoms with Crippen LogP contribution in [-0.2, 0) is 11.3 Å². The maximum atomic E-state index is 13.7. The number of benzene rings is 1. The van der Waals surface area contributed by atoms with E-state index >= 15 is 0 Å². The predicted octanol–water partition coefficient (Wildman–Crippen LogP) is 4.98. The number of nitrogens with one attached hydrogen (secondary N) is 3. The first-order valence-corrected chi connectivity index (χ1v) is 12.8. The third-order valence-corrected chi connectivity index (χ3v) is 7.01. The van der Waals surface area contributed by atoms with E-state index in [4.69, 9.17) is 0 Å². The first-order chi connectivity index (χ1) is 16.1. The van der Waals surface area contributed by atoms with Crippen molar-refractivity contribution >= 4 is 29.6 Å². The number of rotatable bonds is 8. The van der Waals surface area contributed by atoms with Gasteiger partial charge in [0, 0.05) is 47.7 Å². The number of anilines is 1. The van der Waals surface area contributed by atoms with Gasteiger partial charge in [0.1, 0.15) is 0 Å². The van der Waals surface area contributed by atoms with Crippen LogP contribution < -0.4 is 21.0 Å². The summed E-state index contributed by atoms with van der Waals surface area (Å²) >= 11 is 1.63. The Morgan fingerprint density at radius 2 is 2.12 bits per heavy atom. The highest BCUT2D eigenvalue weighted by Crippen LogP contribution is 2.39. The van der Waals surface area contributed by atoms with Crippen LogP contribution in [0.15, 0.2) is 65.4 Å². The maximum absolute atomic E-state index is 13.7. The van der Waals surface area contributed by atoms with Gasteiger partial charge in [-0.05, 0) is 36.9 Å². The molecule has 0 aromatic heterocycles. The lowest BCUT2D eigenvalue weighted by molar-refractivity contribution is -0.118. The average molecular weight is 470 g/mol. The number of allylic oxidation sites excluding steroid dienone is 3. The number of carbonyl (C=O) groups excluding carboxylic acids is 1. The predicted molar refractivity (Wildman–Crippen MR) is 143 cm³/mol. The van der Waals surface area contributed by atoms with Crippen molar-refractivity contribution in [3.05, 3.63) is 65.9 Å². The zero-order chi connectivity index (χ0) is 24.2. The van der Waals surface area contributed by atoms with Crippen molar-refractivity contribution in [1.29, 1.82) is 0 Å². The fourth-order valence-electron chi connectivity index (χ4n) is 3.92. The van der Waals surface area contributed by atoms with E-state index < -0.39 is 0 Å². The monoisotopic (exact) mass is 469 g/mol. The molecule has 0 saturated heterocycles. The van der Waals surface area contributed by atoms with E-state index in [1.54, 1.807) is 18.0 Å². The molecule has 3 atom stereocenters. The number of hydrogen-bond acceptors (Lipinski definition) is 6. The van der Waals surface area contributed by atoms with E-state index in [1.807, 2.05) is 49.2 Å². The molecule has 2 aliphatic heterocycles. The van der Waals surface area contributed by atoms with E-state index in [9.17, 15) is 4.79 Å². The van der Waals surface area contributed by atoms with Gasteiger partial charge in [-0.1, -0.05) is 70.3 Å². The number of hydrazone groups is 1. The van der Waals surface area contributed by atoms with Crippen LogP contribution in [0.1, 0.15) is 46.1 Å². The first-order valence-electron chi connectivity index (χ1n) is 11.9. The molecule has 33 heavy (non-hydrogen) atoms. The fraction of sp³-hybridized carbons (Fsp3) is 0.462. The van der Waals surface area contributed by atoms with Gasteiger partial charge in [-0.3, -0.25) is 10.2 Å². The number of fused-ring (bicyclic) bond motifs is 1. The smallest absolute Gasteiger partial charge is 0.260 e. The second-order valence-corrected chi connectivity index (χ2v) is 8.91. The van der Waals surface area contributed by atoms with Gasteiger partial charge in [0.2, 0.25) is 0 Å². The summed E-state index contributed by atoms with van der Waals surface area (Å²) in [6.07, 6.45) is 7.12. The largest absolute Gasteiger partial charge is 0.367 e. The molecule has 1 amide bonds. The molecule has 0 aliphatic carbocycles. The lowest BCUT2D eigenvalue weighted by atomic mass is 9.91. The van der Waals surface area contributed by atoms with Crippen molar-refractivity contribution in [3.8, 4) is 0 Å². The zero-order valence-corrected chi connectivity index (χ0v) is 21.3. The van der Waals surface area contributed by atoms with Crippen LogP contribution in [0.25, 0.3) is 0 Å². The van der Waals surface area contributed by atoms with Crippen LogP contribution in [-0.4, -0.2) is 30.6 Å². The van der Waals surface area contributed by atoms with Crippen LogP contribution in [0.4, 0.5) is 5.69 Å². The molecule has 3 N–H and O–H groups in total. The summed E-state index contributed by atoms with van der Waals surface area (Å²) < 4.78 is 0. The number of hydrogen-bond donors (Lipinski definition) is 3. The molecule has 3 rings (SSSR count). The molecule has 0 spiro atoms. The third kappa shape index (κ3) is 6.74. The molecule has 2 heterocycles. The van der Waals surface area contributed by atoms with Gasteiger partial charge in [-0.25, -0.2) is 0 Å². The second-order valence-electron chi connectivity index (χ2n) is 7.71. The number of thioether (sulfide) groups is 1. The highest BCUT2D eigenvalue weighted by atomic mass is 32.2. The minimum atomic E-state index is -0.342. The van der Waals surface area contributed by atoms with E-state index in [-0.39, 0.29) is 23.1 Å². The SMILES string of the molecule is C=CN/N=C\C(C1=C(CC)SC(C(=O)N2CCCNCc3ccccc32)N1)C(C)C=C.CC. The average Bonchev–Trinajstić information content (AvgIpc) is 3.27. The van der Waals surface area contributed by atoms with E-state index in [0.717, 1.165) is 42.9 Å². The molecule has 0 saturated carbocycles. The molecular formula is C26H39N5OS. The van der Waals surface area contributed by atoms with Crippen LogP contribution in [0.5, 0.6) is 0 Å². The molecule has 0 bridgehead atoms. The summed E-state index contributed by atoms with van der Waals surface area (Å²) in [5.41, 5.74) is 6.01. The summed E-state index contributed by atoms with van der Waals surface area (Å²) in [7, 11) is 0. The standard InChI is InChI=1S/C24H33N5OS.C2H6/c1-5-17(4)19(16-27-26-7-3)22-21(6-2)31-23(28-22)24(30)29-14-10-13-25-15-18-11-8-9-12-20(18)29;1-2/h5,7-9,11-12,16-17,19,23,25-26,28H,1,3,6,10,13-15H2,2,4H3;1-2H3/b27-16-;. The molecule has 7 heteroatoms.